The predicted octanol–water partition coefficient (Wildman–Crippen LogP) is 5.97. The van der Waals surface area contributed by atoms with Crippen LogP contribution in [-0.2, 0) is 9.59 Å². The molecule has 2 aliphatic rings. The van der Waals surface area contributed by atoms with Crippen LogP contribution in [0.5, 0.6) is 0 Å². The first-order chi connectivity index (χ1) is 16.4. The summed E-state index contributed by atoms with van der Waals surface area (Å²) in [6, 6.07) is 19.2. The lowest BCUT2D eigenvalue weighted by atomic mass is 10.0. The van der Waals surface area contributed by atoms with Gasteiger partial charge in [0, 0.05) is 17.3 Å². The Morgan fingerprint density at radius 2 is 1.91 bits per heavy atom. The van der Waals surface area contributed by atoms with E-state index < -0.39 is 5.25 Å². The maximum Gasteiger partial charge on any atom is 0.247 e. The van der Waals surface area contributed by atoms with Gasteiger partial charge in [-0.1, -0.05) is 58.0 Å². The molecule has 3 aromatic rings. The van der Waals surface area contributed by atoms with Crippen LogP contribution in [0.4, 0.5) is 5.69 Å². The number of benzene rings is 2. The Morgan fingerprint density at radius 3 is 2.62 bits per heavy atom. The zero-order chi connectivity index (χ0) is 23.8. The zero-order valence-corrected chi connectivity index (χ0v) is 21.5. The lowest BCUT2D eigenvalue weighted by Gasteiger charge is -2.24. The Morgan fingerprint density at radius 1 is 1.12 bits per heavy atom. The average molecular weight is 554 g/mol. The molecule has 6 nitrogen and oxygen atoms in total. The summed E-state index contributed by atoms with van der Waals surface area (Å²) in [5.41, 5.74) is 3.52. The first-order valence-electron chi connectivity index (χ1n) is 10.8. The van der Waals surface area contributed by atoms with Gasteiger partial charge in [-0.3, -0.25) is 15.0 Å². The monoisotopic (exact) mass is 552 g/mol. The van der Waals surface area contributed by atoms with E-state index in [1.165, 1.54) is 4.90 Å². The van der Waals surface area contributed by atoms with Crippen molar-refractivity contribution in [2.45, 2.75) is 31.1 Å². The third-order valence-corrected chi connectivity index (χ3v) is 8.31. The molecule has 1 fully saturated rings. The number of halogens is 1. The molecule has 3 heterocycles. The molecule has 0 bridgehead atoms. The summed E-state index contributed by atoms with van der Waals surface area (Å²) in [7, 11) is 0. The number of anilines is 1. The van der Waals surface area contributed by atoms with E-state index in [-0.39, 0.29) is 29.4 Å². The van der Waals surface area contributed by atoms with Gasteiger partial charge in [0.1, 0.15) is 5.25 Å². The topological polar surface area (TPSA) is 76.8 Å². The number of hydrogen-bond donors (Lipinski definition) is 1. The number of nitrogens with one attached hydrogen (secondary N) is 1. The Bertz CT molecular complexity index is 1290. The Kier molecular flexibility index (Phi) is 6.42. The summed E-state index contributed by atoms with van der Waals surface area (Å²) in [5.74, 6) is -0.526. The maximum absolute atomic E-state index is 13.1. The van der Waals surface area contributed by atoms with Gasteiger partial charge >= 0.3 is 0 Å². The van der Waals surface area contributed by atoms with E-state index in [9.17, 15) is 9.59 Å². The number of thiophene rings is 1. The largest absolute Gasteiger partial charge is 0.277 e. The van der Waals surface area contributed by atoms with Crippen LogP contribution in [0.25, 0.3) is 0 Å². The molecule has 0 spiro atoms. The van der Waals surface area contributed by atoms with Crippen molar-refractivity contribution in [3.63, 3.8) is 0 Å². The summed E-state index contributed by atoms with van der Waals surface area (Å²) < 4.78 is 0.982. The molecule has 2 aromatic carbocycles. The maximum atomic E-state index is 13.1. The van der Waals surface area contributed by atoms with Gasteiger partial charge in [-0.2, -0.15) is 5.10 Å². The van der Waals surface area contributed by atoms with Crippen molar-refractivity contribution in [3.8, 4) is 0 Å². The number of amides is 2. The van der Waals surface area contributed by atoms with Crippen LogP contribution in [0.3, 0.4) is 0 Å². The lowest BCUT2D eigenvalue weighted by Crippen LogP contribution is -2.32. The molecular weight excluding hydrogens is 532 g/mol. The minimum Gasteiger partial charge on any atom is -0.277 e. The molecule has 1 N–H and O–H groups in total. The van der Waals surface area contributed by atoms with Crippen molar-refractivity contribution in [1.82, 2.24) is 5.01 Å². The first-order valence-corrected chi connectivity index (χ1v) is 13.3. The van der Waals surface area contributed by atoms with E-state index in [4.69, 9.17) is 10.5 Å². The fourth-order valence-corrected chi connectivity index (χ4v) is 6.12. The molecule has 9 heteroatoms. The van der Waals surface area contributed by atoms with E-state index in [1.807, 2.05) is 66.9 Å². The Labute approximate surface area is 214 Å². The number of thioether (sulfide) groups is 1. The van der Waals surface area contributed by atoms with Crippen molar-refractivity contribution in [2.75, 3.05) is 4.90 Å². The van der Waals surface area contributed by atoms with Crippen molar-refractivity contribution in [1.29, 1.82) is 5.41 Å². The fourth-order valence-electron chi connectivity index (χ4n) is 4.16. The second-order valence-corrected chi connectivity index (χ2v) is 11.2. The highest BCUT2D eigenvalue weighted by molar-refractivity contribution is 9.10. The van der Waals surface area contributed by atoms with Crippen molar-refractivity contribution in [3.05, 3.63) is 86.5 Å². The number of hydrogen-bond acceptors (Lipinski definition) is 6. The number of amidine groups is 1. The standard InChI is InChI=1S/C25H21BrN4O2S2/c1-15-4-2-5-18(12-15)29-23(31)14-22(24(29)32)34-25(27)30-20(16-7-9-17(26)10-8-16)13-19(28-30)21-6-3-11-33-21/h2-12,20,22,27H,13-14H2,1H3. The van der Waals surface area contributed by atoms with Gasteiger partial charge in [-0.15, -0.1) is 11.3 Å². The molecule has 2 amide bonds. The number of nitrogens with zero attached hydrogens (tertiary/aromatic N) is 3. The van der Waals surface area contributed by atoms with E-state index in [2.05, 4.69) is 15.9 Å². The third kappa shape index (κ3) is 4.47. The number of imide groups is 1. The molecule has 5 rings (SSSR count). The molecule has 2 unspecified atom stereocenters. The summed E-state index contributed by atoms with van der Waals surface area (Å²) in [5, 5.41) is 16.8. The van der Waals surface area contributed by atoms with Crippen LogP contribution < -0.4 is 4.90 Å². The molecule has 34 heavy (non-hydrogen) atoms. The number of carbonyl (C=O) groups is 2. The van der Waals surface area contributed by atoms with Crippen LogP contribution in [0.2, 0.25) is 0 Å². The van der Waals surface area contributed by atoms with Crippen LogP contribution in [0.1, 0.15) is 34.9 Å². The van der Waals surface area contributed by atoms with Gasteiger partial charge in [-0.05, 0) is 53.8 Å². The first kappa shape index (κ1) is 23.0. The number of rotatable bonds is 4. The highest BCUT2D eigenvalue weighted by atomic mass is 79.9. The third-order valence-electron chi connectivity index (χ3n) is 5.80. The zero-order valence-electron chi connectivity index (χ0n) is 18.3. The van der Waals surface area contributed by atoms with Crippen molar-refractivity contribution < 1.29 is 9.59 Å². The molecule has 0 saturated carbocycles. The average Bonchev–Trinajstić information content (AvgIpc) is 3.54. The molecule has 172 valence electrons. The molecular formula is C25H21BrN4O2S2. The number of hydrazone groups is 1. The molecule has 0 aliphatic carbocycles. The van der Waals surface area contributed by atoms with Crippen LogP contribution in [0, 0.1) is 12.3 Å². The van der Waals surface area contributed by atoms with Crippen LogP contribution in [0.15, 0.2) is 75.6 Å². The molecule has 0 radical (unpaired) electrons. The van der Waals surface area contributed by atoms with Crippen LogP contribution in [-0.4, -0.2) is 33.0 Å². The molecule has 2 aliphatic heterocycles. The van der Waals surface area contributed by atoms with Crippen molar-refractivity contribution in [2.24, 2.45) is 5.10 Å². The van der Waals surface area contributed by atoms with E-state index in [0.29, 0.717) is 12.1 Å². The lowest BCUT2D eigenvalue weighted by molar-refractivity contribution is -0.121. The van der Waals surface area contributed by atoms with Gasteiger partial charge in [0.05, 0.1) is 22.3 Å². The Balaban J connectivity index is 1.38. The highest BCUT2D eigenvalue weighted by Crippen LogP contribution is 2.38. The molecule has 2 atom stereocenters. The SMILES string of the molecule is Cc1cccc(N2C(=O)CC(SC(=N)N3N=C(c4cccs4)CC3c3ccc(Br)cc3)C2=O)c1. The second kappa shape index (κ2) is 9.48. The van der Waals surface area contributed by atoms with Crippen molar-refractivity contribution >= 4 is 67.4 Å². The van der Waals surface area contributed by atoms with Gasteiger partial charge in [0.15, 0.2) is 5.17 Å². The number of aryl methyl sites for hydroxylation is 1. The summed E-state index contributed by atoms with van der Waals surface area (Å²) in [4.78, 5) is 28.2. The summed E-state index contributed by atoms with van der Waals surface area (Å²) in [6.07, 6.45) is 0.732. The normalized spacial score (nSPS) is 20.2. The van der Waals surface area contributed by atoms with Gasteiger partial charge in [0.25, 0.3) is 0 Å². The fraction of sp³-hybridized carbons (Fsp3) is 0.200. The smallest absolute Gasteiger partial charge is 0.247 e. The van der Waals surface area contributed by atoms with Gasteiger partial charge in [0.2, 0.25) is 11.8 Å². The molecule has 1 aromatic heterocycles. The quantitative estimate of drug-likeness (QED) is 0.245. The van der Waals surface area contributed by atoms with E-state index in [1.54, 1.807) is 22.4 Å². The second-order valence-electron chi connectivity index (χ2n) is 8.16. The van der Waals surface area contributed by atoms with Crippen LogP contribution >= 0.6 is 39.0 Å². The van der Waals surface area contributed by atoms with Gasteiger partial charge in [-0.25, -0.2) is 9.91 Å². The van der Waals surface area contributed by atoms with E-state index in [0.717, 1.165) is 38.0 Å². The minimum absolute atomic E-state index is 0.0676. The van der Waals surface area contributed by atoms with E-state index >= 15 is 0 Å². The Hall–Kier alpha value is -2.75. The highest BCUT2D eigenvalue weighted by Gasteiger charge is 2.42. The number of carbonyl (C=O) groups excluding carboxylic acids is 2. The minimum atomic E-state index is -0.646. The summed E-state index contributed by atoms with van der Waals surface area (Å²) in [6.45, 7) is 1.93. The van der Waals surface area contributed by atoms with Gasteiger partial charge < -0.3 is 0 Å². The summed E-state index contributed by atoms with van der Waals surface area (Å²) >= 11 is 6.20. The predicted molar refractivity (Wildman–Crippen MR) is 142 cm³/mol. The molecule has 1 saturated heterocycles.